The van der Waals surface area contributed by atoms with Crippen molar-refractivity contribution < 1.29 is 9.59 Å². The van der Waals surface area contributed by atoms with Gasteiger partial charge in [-0.05, 0) is 24.6 Å². The van der Waals surface area contributed by atoms with Gasteiger partial charge in [0.25, 0.3) is 0 Å². The predicted octanol–water partition coefficient (Wildman–Crippen LogP) is 2.51. The summed E-state index contributed by atoms with van der Waals surface area (Å²) in [6.07, 6.45) is 3.70. The lowest BCUT2D eigenvalue weighted by Crippen LogP contribution is -2.35. The van der Waals surface area contributed by atoms with Crippen LogP contribution in [0.15, 0.2) is 35.7 Å². The quantitative estimate of drug-likeness (QED) is 0.820. The molecular formula is C14H15ClN4O2S. The Morgan fingerprint density at radius 2 is 2.23 bits per heavy atom. The first-order valence-corrected chi connectivity index (χ1v) is 7.86. The van der Waals surface area contributed by atoms with E-state index in [1.165, 1.54) is 11.8 Å². The average molecular weight is 339 g/mol. The Kier molecular flexibility index (Phi) is 5.46. The van der Waals surface area contributed by atoms with Gasteiger partial charge in [0.05, 0.1) is 5.69 Å². The van der Waals surface area contributed by atoms with Crippen molar-refractivity contribution in [3.63, 3.8) is 0 Å². The van der Waals surface area contributed by atoms with Crippen LogP contribution >= 0.6 is 23.4 Å². The molecule has 0 bridgehead atoms. The van der Waals surface area contributed by atoms with Crippen molar-refractivity contribution in [3.8, 4) is 5.69 Å². The molecule has 1 aromatic carbocycles. The summed E-state index contributed by atoms with van der Waals surface area (Å²) in [4.78, 5) is 26.2. The van der Waals surface area contributed by atoms with E-state index in [-0.39, 0.29) is 6.42 Å². The molecule has 22 heavy (non-hydrogen) atoms. The maximum absolute atomic E-state index is 11.4. The van der Waals surface area contributed by atoms with Crippen LogP contribution in [-0.2, 0) is 4.79 Å². The van der Waals surface area contributed by atoms with Crippen LogP contribution in [0.2, 0.25) is 5.02 Å². The molecule has 0 spiro atoms. The number of thioether (sulfide) groups is 1. The van der Waals surface area contributed by atoms with E-state index < -0.39 is 11.9 Å². The highest BCUT2D eigenvalue weighted by atomic mass is 35.5. The molecule has 3 N–H and O–H groups in total. The second-order valence-corrected chi connectivity index (χ2v) is 5.94. The van der Waals surface area contributed by atoms with Gasteiger partial charge in [-0.2, -0.15) is 0 Å². The second-order valence-electron chi connectivity index (χ2n) is 4.47. The number of primary amides is 1. The van der Waals surface area contributed by atoms with Crippen molar-refractivity contribution in [1.82, 2.24) is 14.9 Å². The molecule has 0 aliphatic rings. The van der Waals surface area contributed by atoms with Crippen LogP contribution in [-0.4, -0.2) is 27.2 Å². The molecule has 0 atom stereocenters. The summed E-state index contributed by atoms with van der Waals surface area (Å²) in [6, 6.07) is 4.82. The summed E-state index contributed by atoms with van der Waals surface area (Å²) in [5, 5.41) is 3.46. The van der Waals surface area contributed by atoms with Gasteiger partial charge in [0.15, 0.2) is 5.16 Å². The standard InChI is InChI=1S/C14H15ClN4O2S/c1-9-10(15)3-2-4-11(9)19-7-6-17-14(19)22-8-5-12(20)18-13(16)21/h2-4,6-7H,5,8H2,1H3,(H3,16,18,20,21). The first-order chi connectivity index (χ1) is 10.5. The van der Waals surface area contributed by atoms with E-state index in [4.69, 9.17) is 17.3 Å². The van der Waals surface area contributed by atoms with Crippen LogP contribution in [0.25, 0.3) is 5.69 Å². The van der Waals surface area contributed by atoms with Crippen LogP contribution in [0.5, 0.6) is 0 Å². The Labute approximate surface area is 137 Å². The van der Waals surface area contributed by atoms with Gasteiger partial charge in [-0.25, -0.2) is 9.78 Å². The Morgan fingerprint density at radius 3 is 2.95 bits per heavy atom. The number of aromatic nitrogens is 2. The molecule has 8 heteroatoms. The predicted molar refractivity (Wildman–Crippen MR) is 86.4 cm³/mol. The Balaban J connectivity index is 2.06. The summed E-state index contributed by atoms with van der Waals surface area (Å²) < 4.78 is 1.91. The number of nitrogens with zero attached hydrogens (tertiary/aromatic N) is 2. The SMILES string of the molecule is Cc1c(Cl)cccc1-n1ccnc1SCCC(=O)NC(N)=O. The normalized spacial score (nSPS) is 10.5. The first kappa shape index (κ1) is 16.4. The Bertz CT molecular complexity index is 702. The van der Waals surface area contributed by atoms with Crippen LogP contribution in [0.1, 0.15) is 12.0 Å². The van der Waals surface area contributed by atoms with E-state index in [0.29, 0.717) is 10.8 Å². The fraction of sp³-hybridized carbons (Fsp3) is 0.214. The molecule has 2 rings (SSSR count). The minimum Gasteiger partial charge on any atom is -0.351 e. The molecule has 0 saturated heterocycles. The second kappa shape index (κ2) is 7.33. The zero-order valence-electron chi connectivity index (χ0n) is 11.9. The van der Waals surface area contributed by atoms with E-state index in [0.717, 1.165) is 16.4 Å². The monoisotopic (exact) mass is 338 g/mol. The fourth-order valence-corrected chi connectivity index (χ4v) is 2.95. The third-order valence-corrected chi connectivity index (χ3v) is 4.31. The molecular weight excluding hydrogens is 324 g/mol. The van der Waals surface area contributed by atoms with E-state index in [2.05, 4.69) is 4.98 Å². The maximum Gasteiger partial charge on any atom is 0.318 e. The number of nitrogens with one attached hydrogen (secondary N) is 1. The van der Waals surface area contributed by atoms with E-state index >= 15 is 0 Å². The number of urea groups is 1. The average Bonchev–Trinajstić information content (AvgIpc) is 2.89. The van der Waals surface area contributed by atoms with Gasteiger partial charge < -0.3 is 5.73 Å². The van der Waals surface area contributed by atoms with Gasteiger partial charge in [-0.15, -0.1) is 0 Å². The molecule has 116 valence electrons. The van der Waals surface area contributed by atoms with Gasteiger partial charge >= 0.3 is 6.03 Å². The molecule has 0 radical (unpaired) electrons. The zero-order chi connectivity index (χ0) is 16.1. The van der Waals surface area contributed by atoms with Crippen molar-refractivity contribution in [2.75, 3.05) is 5.75 Å². The minimum absolute atomic E-state index is 0.176. The molecule has 0 aliphatic heterocycles. The minimum atomic E-state index is -0.842. The van der Waals surface area contributed by atoms with Crippen LogP contribution < -0.4 is 11.1 Å². The smallest absolute Gasteiger partial charge is 0.318 e. The van der Waals surface area contributed by atoms with Gasteiger partial charge in [0, 0.05) is 29.6 Å². The number of imidazole rings is 1. The third-order valence-electron chi connectivity index (χ3n) is 2.93. The number of imide groups is 1. The summed E-state index contributed by atoms with van der Waals surface area (Å²) in [6.45, 7) is 1.94. The summed E-state index contributed by atoms with van der Waals surface area (Å²) in [5.74, 6) is 0.0764. The van der Waals surface area contributed by atoms with Gasteiger partial charge in [0.2, 0.25) is 5.91 Å². The largest absolute Gasteiger partial charge is 0.351 e. The number of nitrogens with two attached hydrogens (primary N) is 1. The van der Waals surface area contributed by atoms with Crippen molar-refractivity contribution >= 4 is 35.3 Å². The van der Waals surface area contributed by atoms with Crippen molar-refractivity contribution in [2.45, 2.75) is 18.5 Å². The fourth-order valence-electron chi connectivity index (χ4n) is 1.87. The maximum atomic E-state index is 11.4. The third kappa shape index (κ3) is 4.02. The molecule has 0 aliphatic carbocycles. The molecule has 2 aromatic rings. The van der Waals surface area contributed by atoms with Crippen molar-refractivity contribution in [1.29, 1.82) is 0 Å². The lowest BCUT2D eigenvalue weighted by molar-refractivity contribution is -0.119. The van der Waals surface area contributed by atoms with E-state index in [1.807, 2.05) is 41.2 Å². The van der Waals surface area contributed by atoms with Crippen molar-refractivity contribution in [3.05, 3.63) is 41.2 Å². The number of rotatable bonds is 5. The molecule has 0 saturated carbocycles. The molecule has 1 heterocycles. The Hall–Kier alpha value is -1.99. The molecule has 6 nitrogen and oxygen atoms in total. The summed E-state index contributed by atoms with van der Waals surface area (Å²) >= 11 is 7.55. The highest BCUT2D eigenvalue weighted by Crippen LogP contribution is 2.26. The number of hydrogen-bond donors (Lipinski definition) is 2. The number of carbonyl (C=O) groups is 2. The Morgan fingerprint density at radius 1 is 1.45 bits per heavy atom. The number of hydrogen-bond acceptors (Lipinski definition) is 4. The summed E-state index contributed by atoms with van der Waals surface area (Å²) in [7, 11) is 0. The van der Waals surface area contributed by atoms with Gasteiger partial charge in [-0.3, -0.25) is 14.7 Å². The number of carbonyl (C=O) groups excluding carboxylic acids is 2. The highest BCUT2D eigenvalue weighted by molar-refractivity contribution is 7.99. The number of benzene rings is 1. The van der Waals surface area contributed by atoms with Crippen LogP contribution in [0, 0.1) is 6.92 Å². The van der Waals surface area contributed by atoms with Gasteiger partial charge in [-0.1, -0.05) is 29.4 Å². The summed E-state index contributed by atoms with van der Waals surface area (Å²) in [5.41, 5.74) is 6.78. The van der Waals surface area contributed by atoms with Crippen molar-refractivity contribution in [2.24, 2.45) is 5.73 Å². The molecule has 1 aromatic heterocycles. The van der Waals surface area contributed by atoms with E-state index in [9.17, 15) is 9.59 Å². The molecule has 0 unspecified atom stereocenters. The molecule has 0 fully saturated rings. The molecule has 3 amide bonds. The number of halogens is 1. The zero-order valence-corrected chi connectivity index (χ0v) is 13.4. The lowest BCUT2D eigenvalue weighted by Gasteiger charge is -2.11. The first-order valence-electron chi connectivity index (χ1n) is 6.50. The van der Waals surface area contributed by atoms with Crippen LogP contribution in [0.4, 0.5) is 4.79 Å². The number of amides is 3. The van der Waals surface area contributed by atoms with Crippen LogP contribution in [0.3, 0.4) is 0 Å². The van der Waals surface area contributed by atoms with Gasteiger partial charge in [0.1, 0.15) is 0 Å². The topological polar surface area (TPSA) is 90.0 Å². The highest BCUT2D eigenvalue weighted by Gasteiger charge is 2.11. The lowest BCUT2D eigenvalue weighted by atomic mass is 10.2. The van der Waals surface area contributed by atoms with E-state index in [1.54, 1.807) is 6.20 Å².